The lowest BCUT2D eigenvalue weighted by molar-refractivity contribution is -0.141. The summed E-state index contributed by atoms with van der Waals surface area (Å²) in [6.07, 6.45) is -3.10. The van der Waals surface area contributed by atoms with E-state index in [1.807, 2.05) is 42.5 Å². The zero-order valence-electron chi connectivity index (χ0n) is 26.2. The highest BCUT2D eigenvalue weighted by Gasteiger charge is 2.39. The molecule has 4 aromatic rings. The molecule has 1 fully saturated rings. The number of aliphatic carboxylic acids is 1. The van der Waals surface area contributed by atoms with Gasteiger partial charge in [-0.2, -0.15) is 18.2 Å². The average molecular weight is 679 g/mol. The summed E-state index contributed by atoms with van der Waals surface area (Å²) in [5, 5.41) is 13.3. The van der Waals surface area contributed by atoms with Crippen LogP contribution in [0.2, 0.25) is 5.02 Å². The number of methoxy groups -OCH3 is 1. The maximum atomic E-state index is 14.4. The SMILES string of the molecule is COc1nc(O[C@H]2CCc3c(-c4cccc(-c5ccc6c(n5)CCNC6)c4Cl)cccc32)c(C(F)(F)F)cc1CN1CCC(C(=O)O)C1. The van der Waals surface area contributed by atoms with Crippen LogP contribution < -0.4 is 14.8 Å². The third kappa shape index (κ3) is 6.22. The zero-order valence-corrected chi connectivity index (χ0v) is 27.0. The van der Waals surface area contributed by atoms with Crippen molar-refractivity contribution in [3.8, 4) is 34.1 Å². The molecule has 3 aliphatic rings. The van der Waals surface area contributed by atoms with E-state index < -0.39 is 35.6 Å². The first-order valence-electron chi connectivity index (χ1n) is 16.0. The number of alkyl halides is 3. The van der Waals surface area contributed by atoms with Crippen molar-refractivity contribution in [3.05, 3.63) is 93.1 Å². The topological polar surface area (TPSA) is 96.8 Å². The van der Waals surface area contributed by atoms with Crippen LogP contribution in [0.25, 0.3) is 22.4 Å². The van der Waals surface area contributed by atoms with Gasteiger partial charge in [0.1, 0.15) is 11.7 Å². The van der Waals surface area contributed by atoms with E-state index in [-0.39, 0.29) is 24.5 Å². The van der Waals surface area contributed by atoms with Gasteiger partial charge in [-0.3, -0.25) is 14.7 Å². The predicted octanol–water partition coefficient (Wildman–Crippen LogP) is 7.11. The average Bonchev–Trinajstić information content (AvgIpc) is 3.72. The number of aromatic nitrogens is 2. The Balaban J connectivity index is 1.19. The standard InChI is InChI=1S/C36H34ClF3N4O4/c1-47-33-22(19-44-15-13-21(18-44)35(45)46)16-28(36(38,39)40)34(43-33)48-31-11-9-24-23(4-2-5-25(24)31)26-6-3-7-27(32(26)37)30-10-8-20-17-41-14-12-29(20)42-30/h2-8,10,16,21,31,41H,9,11-15,17-19H2,1H3,(H,45,46)/t21?,31-/m0/s1. The Morgan fingerprint density at radius 3 is 2.60 bits per heavy atom. The Labute approximate surface area is 280 Å². The van der Waals surface area contributed by atoms with Crippen molar-refractivity contribution in [2.45, 2.75) is 51.1 Å². The van der Waals surface area contributed by atoms with E-state index in [0.29, 0.717) is 30.8 Å². The van der Waals surface area contributed by atoms with Gasteiger partial charge < -0.3 is 19.9 Å². The van der Waals surface area contributed by atoms with Crippen LogP contribution >= 0.6 is 11.6 Å². The van der Waals surface area contributed by atoms with Crippen molar-refractivity contribution in [2.75, 3.05) is 26.7 Å². The first kappa shape index (κ1) is 32.4. The third-order valence-corrected chi connectivity index (χ3v) is 9.91. The van der Waals surface area contributed by atoms with E-state index in [1.165, 1.54) is 12.7 Å². The summed E-state index contributed by atoms with van der Waals surface area (Å²) in [7, 11) is 1.35. The molecule has 1 aliphatic carbocycles. The molecule has 0 saturated carbocycles. The van der Waals surface area contributed by atoms with Gasteiger partial charge >= 0.3 is 12.1 Å². The number of pyridine rings is 2. The number of nitrogens with one attached hydrogen (secondary N) is 1. The maximum Gasteiger partial charge on any atom is 0.421 e. The summed E-state index contributed by atoms with van der Waals surface area (Å²) in [5.41, 5.74) is 6.54. The number of rotatable bonds is 8. The van der Waals surface area contributed by atoms with Crippen LogP contribution in [0.3, 0.4) is 0 Å². The molecule has 12 heteroatoms. The summed E-state index contributed by atoms with van der Waals surface area (Å²) in [4.78, 5) is 22.3. The number of ether oxygens (including phenoxy) is 2. The summed E-state index contributed by atoms with van der Waals surface area (Å²) in [5.74, 6) is -2.01. The normalized spacial score (nSPS) is 19.2. The first-order valence-corrected chi connectivity index (χ1v) is 16.4. The van der Waals surface area contributed by atoms with Crippen LogP contribution in [0.1, 0.15) is 52.5 Å². The predicted molar refractivity (Wildman–Crippen MR) is 174 cm³/mol. The van der Waals surface area contributed by atoms with Gasteiger partial charge in [0.2, 0.25) is 11.8 Å². The van der Waals surface area contributed by atoms with Crippen LogP contribution in [0, 0.1) is 5.92 Å². The molecular weight excluding hydrogens is 645 g/mol. The van der Waals surface area contributed by atoms with Crippen LogP contribution in [-0.2, 0) is 36.9 Å². The van der Waals surface area contributed by atoms with Crippen LogP contribution in [0.15, 0.2) is 54.6 Å². The Hall–Kier alpha value is -4.19. The number of fused-ring (bicyclic) bond motifs is 2. The molecule has 2 N–H and O–H groups in total. The van der Waals surface area contributed by atoms with Crippen LogP contribution in [-0.4, -0.2) is 52.7 Å². The van der Waals surface area contributed by atoms with Crippen LogP contribution in [0.4, 0.5) is 13.2 Å². The summed E-state index contributed by atoms with van der Waals surface area (Å²) in [6.45, 7) is 2.45. The molecule has 4 heterocycles. The second-order valence-electron chi connectivity index (χ2n) is 12.5. The van der Waals surface area contributed by atoms with Gasteiger partial charge in [0.05, 0.1) is 23.7 Å². The largest absolute Gasteiger partial charge is 0.481 e. The van der Waals surface area contributed by atoms with Crippen LogP contribution in [0.5, 0.6) is 11.8 Å². The fourth-order valence-electron chi connectivity index (χ4n) is 7.07. The van der Waals surface area contributed by atoms with Crippen molar-refractivity contribution in [3.63, 3.8) is 0 Å². The molecule has 2 aromatic carbocycles. The molecular formula is C36H34ClF3N4O4. The number of hydrogen-bond donors (Lipinski definition) is 2. The lowest BCUT2D eigenvalue weighted by Gasteiger charge is -2.22. The number of hydrogen-bond acceptors (Lipinski definition) is 7. The minimum absolute atomic E-state index is 0.0133. The minimum Gasteiger partial charge on any atom is -0.481 e. The lowest BCUT2D eigenvalue weighted by atomic mass is 9.94. The van der Waals surface area contributed by atoms with Gasteiger partial charge in [-0.25, -0.2) is 0 Å². The van der Waals surface area contributed by atoms with E-state index in [2.05, 4.69) is 16.4 Å². The fraction of sp³-hybridized carbons (Fsp3) is 0.361. The second kappa shape index (κ2) is 13.0. The zero-order chi connectivity index (χ0) is 33.6. The molecule has 1 saturated heterocycles. The third-order valence-electron chi connectivity index (χ3n) is 9.50. The first-order chi connectivity index (χ1) is 23.1. The molecule has 2 aromatic heterocycles. The second-order valence-corrected chi connectivity index (χ2v) is 12.9. The Bertz CT molecular complexity index is 1890. The Morgan fingerprint density at radius 2 is 1.83 bits per heavy atom. The molecule has 0 amide bonds. The van der Waals surface area contributed by atoms with E-state index in [1.54, 1.807) is 4.90 Å². The molecule has 250 valence electrons. The molecule has 0 spiro atoms. The van der Waals surface area contributed by atoms with Gasteiger partial charge in [-0.05, 0) is 60.2 Å². The Kier molecular flexibility index (Phi) is 8.78. The van der Waals surface area contributed by atoms with Gasteiger partial charge in [0.25, 0.3) is 0 Å². The number of carbonyl (C=O) groups is 1. The maximum absolute atomic E-state index is 14.4. The highest BCUT2D eigenvalue weighted by Crippen LogP contribution is 2.46. The lowest BCUT2D eigenvalue weighted by Crippen LogP contribution is -2.24. The molecule has 2 aliphatic heterocycles. The highest BCUT2D eigenvalue weighted by molar-refractivity contribution is 6.36. The van der Waals surface area contributed by atoms with E-state index in [9.17, 15) is 23.1 Å². The Morgan fingerprint density at radius 1 is 1.04 bits per heavy atom. The van der Waals surface area contributed by atoms with E-state index in [0.717, 1.165) is 64.8 Å². The number of carboxylic acid groups (broad SMARTS) is 1. The molecule has 7 rings (SSSR count). The number of likely N-dealkylation sites (tertiary alicyclic amines) is 1. The monoisotopic (exact) mass is 678 g/mol. The molecule has 2 atom stereocenters. The van der Waals surface area contributed by atoms with Gasteiger partial charge in [0, 0.05) is 55.0 Å². The molecule has 48 heavy (non-hydrogen) atoms. The fourth-order valence-corrected chi connectivity index (χ4v) is 7.40. The number of carboxylic acids is 1. The van der Waals surface area contributed by atoms with Gasteiger partial charge in [-0.15, -0.1) is 0 Å². The molecule has 8 nitrogen and oxygen atoms in total. The smallest absolute Gasteiger partial charge is 0.421 e. The van der Waals surface area contributed by atoms with Crippen molar-refractivity contribution in [1.82, 2.24) is 20.2 Å². The molecule has 0 bridgehead atoms. The van der Waals surface area contributed by atoms with Gasteiger partial charge in [-0.1, -0.05) is 54.1 Å². The number of nitrogens with zero attached hydrogens (tertiary/aromatic N) is 3. The molecule has 1 unspecified atom stereocenters. The van der Waals surface area contributed by atoms with Crippen molar-refractivity contribution >= 4 is 17.6 Å². The van der Waals surface area contributed by atoms with Crippen molar-refractivity contribution in [2.24, 2.45) is 5.92 Å². The number of benzene rings is 2. The number of halogens is 4. The summed E-state index contributed by atoms with van der Waals surface area (Å²) < 4.78 is 54.8. The summed E-state index contributed by atoms with van der Waals surface area (Å²) >= 11 is 7.07. The summed E-state index contributed by atoms with van der Waals surface area (Å²) in [6, 6.07) is 16.6. The van der Waals surface area contributed by atoms with Gasteiger partial charge in [0.15, 0.2) is 0 Å². The van der Waals surface area contributed by atoms with Crippen molar-refractivity contribution in [1.29, 1.82) is 0 Å². The van der Waals surface area contributed by atoms with Crippen molar-refractivity contribution < 1.29 is 32.5 Å². The highest BCUT2D eigenvalue weighted by atomic mass is 35.5. The quantitative estimate of drug-likeness (QED) is 0.204. The van der Waals surface area contributed by atoms with E-state index in [4.69, 9.17) is 26.1 Å². The molecule has 0 radical (unpaired) electrons. The van der Waals surface area contributed by atoms with E-state index >= 15 is 0 Å². The minimum atomic E-state index is -4.74.